The van der Waals surface area contributed by atoms with E-state index in [1.54, 1.807) is 18.2 Å². The van der Waals surface area contributed by atoms with Crippen LogP contribution in [0.1, 0.15) is 16.4 Å². The molecule has 3 nitrogen and oxygen atoms in total. The lowest BCUT2D eigenvalue weighted by Crippen LogP contribution is -2.08. The molecule has 14 heavy (non-hydrogen) atoms. The quantitative estimate of drug-likeness (QED) is 0.760. The second kappa shape index (κ2) is 3.35. The van der Waals surface area contributed by atoms with Crippen molar-refractivity contribution in [2.75, 3.05) is 11.6 Å². The molecule has 2 rings (SSSR count). The van der Waals surface area contributed by atoms with Crippen molar-refractivity contribution in [3.63, 3.8) is 0 Å². The van der Waals surface area contributed by atoms with Gasteiger partial charge in [0.05, 0.1) is 11.6 Å². The van der Waals surface area contributed by atoms with Crippen LogP contribution >= 0.6 is 11.8 Å². The molecule has 0 aromatic heterocycles. The Morgan fingerprint density at radius 2 is 2.36 bits per heavy atom. The molecule has 0 spiro atoms. The molecule has 1 heterocycles. The van der Waals surface area contributed by atoms with Crippen LogP contribution in [-0.4, -0.2) is 12.2 Å². The number of benzene rings is 1. The summed E-state index contributed by atoms with van der Waals surface area (Å²) < 4.78 is 0. The van der Waals surface area contributed by atoms with Gasteiger partial charge in [-0.05, 0) is 30.0 Å². The van der Waals surface area contributed by atoms with E-state index >= 15 is 0 Å². The second-order valence-corrected chi connectivity index (χ2v) is 3.96. The van der Waals surface area contributed by atoms with Gasteiger partial charge in [0, 0.05) is 5.69 Å². The van der Waals surface area contributed by atoms with Crippen LogP contribution in [0, 0.1) is 11.3 Å². The molecule has 1 N–H and O–H groups in total. The van der Waals surface area contributed by atoms with Gasteiger partial charge in [-0.15, -0.1) is 11.8 Å². The van der Waals surface area contributed by atoms with Gasteiger partial charge in [-0.1, -0.05) is 0 Å². The molecule has 0 unspecified atom stereocenters. The lowest BCUT2D eigenvalue weighted by atomic mass is 10.1. The fourth-order valence-electron chi connectivity index (χ4n) is 1.54. The van der Waals surface area contributed by atoms with E-state index in [-0.39, 0.29) is 11.2 Å². The molecule has 1 amide bonds. The summed E-state index contributed by atoms with van der Waals surface area (Å²) in [5, 5.41) is 11.3. The zero-order valence-electron chi connectivity index (χ0n) is 7.57. The van der Waals surface area contributed by atoms with Crippen molar-refractivity contribution in [1.29, 1.82) is 5.26 Å². The third-order valence-corrected chi connectivity index (χ3v) is 3.13. The van der Waals surface area contributed by atoms with Crippen LogP contribution in [0.25, 0.3) is 0 Å². The molecule has 70 valence electrons. The Balaban J connectivity index is 2.51. The van der Waals surface area contributed by atoms with Crippen LogP contribution in [0.5, 0.6) is 0 Å². The predicted octanol–water partition coefficient (Wildman–Crippen LogP) is 1.91. The molecule has 4 heteroatoms. The summed E-state index contributed by atoms with van der Waals surface area (Å²) in [7, 11) is 0. The third kappa shape index (κ3) is 1.26. The summed E-state index contributed by atoms with van der Waals surface area (Å²) >= 11 is 1.48. The average molecular weight is 204 g/mol. The number of nitrogens with zero attached hydrogens (tertiary/aromatic N) is 1. The maximum Gasteiger partial charge on any atom is 0.242 e. The molecule has 1 aromatic carbocycles. The SMILES string of the molecule is CS[C@H]1C(=O)Nc2ccc(C#N)cc21. The van der Waals surface area contributed by atoms with Crippen LogP contribution < -0.4 is 5.32 Å². The summed E-state index contributed by atoms with van der Waals surface area (Å²) in [6, 6.07) is 7.33. The van der Waals surface area contributed by atoms with Crippen LogP contribution in [0.15, 0.2) is 18.2 Å². The Bertz CT molecular complexity index is 436. The van der Waals surface area contributed by atoms with Gasteiger partial charge >= 0.3 is 0 Å². The number of amides is 1. The van der Waals surface area contributed by atoms with Gasteiger partial charge in [0.15, 0.2) is 0 Å². The highest BCUT2D eigenvalue weighted by atomic mass is 32.2. The fourth-order valence-corrected chi connectivity index (χ4v) is 2.26. The average Bonchev–Trinajstić information content (AvgIpc) is 2.52. The monoisotopic (exact) mass is 204 g/mol. The first kappa shape index (κ1) is 9.10. The number of hydrogen-bond donors (Lipinski definition) is 1. The van der Waals surface area contributed by atoms with Gasteiger partial charge in [0.2, 0.25) is 5.91 Å². The van der Waals surface area contributed by atoms with E-state index in [0.717, 1.165) is 11.3 Å². The minimum Gasteiger partial charge on any atom is -0.325 e. The van der Waals surface area contributed by atoms with Gasteiger partial charge in [-0.2, -0.15) is 5.26 Å². The minimum atomic E-state index is -0.168. The second-order valence-electron chi connectivity index (χ2n) is 3.02. The number of carbonyl (C=O) groups is 1. The maximum absolute atomic E-state index is 11.4. The van der Waals surface area contributed by atoms with Gasteiger partial charge < -0.3 is 5.32 Å². The zero-order chi connectivity index (χ0) is 10.1. The van der Waals surface area contributed by atoms with E-state index in [2.05, 4.69) is 11.4 Å². The number of nitrogens with one attached hydrogen (secondary N) is 1. The summed E-state index contributed by atoms with van der Waals surface area (Å²) in [6.07, 6.45) is 1.89. The summed E-state index contributed by atoms with van der Waals surface area (Å²) in [5.41, 5.74) is 2.34. The number of anilines is 1. The third-order valence-electron chi connectivity index (χ3n) is 2.19. The molecule has 1 atom stereocenters. The molecule has 0 saturated carbocycles. The number of carbonyl (C=O) groups excluding carboxylic acids is 1. The highest BCUT2D eigenvalue weighted by Crippen LogP contribution is 2.38. The molecule has 1 aliphatic rings. The molecule has 0 fully saturated rings. The van der Waals surface area contributed by atoms with E-state index in [1.807, 2.05) is 6.26 Å². The minimum absolute atomic E-state index is 0.00240. The first-order valence-electron chi connectivity index (χ1n) is 4.14. The number of nitriles is 1. The number of fused-ring (bicyclic) bond motifs is 1. The zero-order valence-corrected chi connectivity index (χ0v) is 8.39. The normalized spacial score (nSPS) is 18.6. The number of thioether (sulfide) groups is 1. The fraction of sp³-hybridized carbons (Fsp3) is 0.200. The van der Waals surface area contributed by atoms with E-state index < -0.39 is 0 Å². The smallest absolute Gasteiger partial charge is 0.242 e. The lowest BCUT2D eigenvalue weighted by molar-refractivity contribution is -0.115. The van der Waals surface area contributed by atoms with E-state index in [0.29, 0.717) is 5.56 Å². The van der Waals surface area contributed by atoms with Crippen molar-refractivity contribution >= 4 is 23.4 Å². The Morgan fingerprint density at radius 1 is 1.57 bits per heavy atom. The summed E-state index contributed by atoms with van der Waals surface area (Å²) in [6.45, 7) is 0. The van der Waals surface area contributed by atoms with Gasteiger partial charge in [-0.25, -0.2) is 0 Å². The number of rotatable bonds is 1. The molecule has 0 aliphatic carbocycles. The Morgan fingerprint density at radius 3 is 3.00 bits per heavy atom. The largest absolute Gasteiger partial charge is 0.325 e. The molecule has 0 saturated heterocycles. The van der Waals surface area contributed by atoms with E-state index in [9.17, 15) is 4.79 Å². The maximum atomic E-state index is 11.4. The molecular weight excluding hydrogens is 196 g/mol. The number of hydrogen-bond acceptors (Lipinski definition) is 3. The van der Waals surface area contributed by atoms with E-state index in [4.69, 9.17) is 5.26 Å². The lowest BCUT2D eigenvalue weighted by Gasteiger charge is -2.03. The van der Waals surface area contributed by atoms with Crippen LogP contribution in [0.2, 0.25) is 0 Å². The highest BCUT2D eigenvalue weighted by Gasteiger charge is 2.29. The van der Waals surface area contributed by atoms with E-state index in [1.165, 1.54) is 11.8 Å². The van der Waals surface area contributed by atoms with Crippen molar-refractivity contribution in [3.8, 4) is 6.07 Å². The first-order chi connectivity index (χ1) is 6.76. The highest BCUT2D eigenvalue weighted by molar-refractivity contribution is 7.99. The van der Waals surface area contributed by atoms with Gasteiger partial charge in [0.1, 0.15) is 5.25 Å². The molecule has 0 bridgehead atoms. The van der Waals surface area contributed by atoms with Crippen molar-refractivity contribution in [1.82, 2.24) is 0 Å². The Kier molecular flexibility index (Phi) is 2.18. The molecule has 1 aliphatic heterocycles. The van der Waals surface area contributed by atoms with Crippen molar-refractivity contribution < 1.29 is 4.79 Å². The summed E-state index contributed by atoms with van der Waals surface area (Å²) in [5.74, 6) is 0.00240. The van der Waals surface area contributed by atoms with Crippen molar-refractivity contribution in [2.45, 2.75) is 5.25 Å². The molecule has 0 radical (unpaired) electrons. The molecule has 1 aromatic rings. The summed E-state index contributed by atoms with van der Waals surface area (Å²) in [4.78, 5) is 11.4. The van der Waals surface area contributed by atoms with Crippen molar-refractivity contribution in [2.24, 2.45) is 0 Å². The standard InChI is InChI=1S/C10H8N2OS/c1-14-9-7-4-6(5-11)2-3-8(7)12-10(9)13/h2-4,9H,1H3,(H,12,13)/t9-/m1/s1. The molecular formula is C10H8N2OS. The van der Waals surface area contributed by atoms with Gasteiger partial charge in [0.25, 0.3) is 0 Å². The Hall–Kier alpha value is -1.47. The predicted molar refractivity (Wildman–Crippen MR) is 56.0 cm³/mol. The van der Waals surface area contributed by atoms with Crippen LogP contribution in [-0.2, 0) is 4.79 Å². The van der Waals surface area contributed by atoms with Crippen LogP contribution in [0.3, 0.4) is 0 Å². The first-order valence-corrected chi connectivity index (χ1v) is 5.42. The Labute approximate surface area is 86.1 Å². The topological polar surface area (TPSA) is 52.9 Å². The van der Waals surface area contributed by atoms with Crippen molar-refractivity contribution in [3.05, 3.63) is 29.3 Å². The van der Waals surface area contributed by atoms with Crippen LogP contribution in [0.4, 0.5) is 5.69 Å². The van der Waals surface area contributed by atoms with Gasteiger partial charge in [-0.3, -0.25) is 4.79 Å².